The number of imidazole rings is 1. The molecule has 7 fully saturated rings. The largest absolute Gasteiger partial charge is 0.481 e. The maximum atomic E-state index is 15.5. The van der Waals surface area contributed by atoms with Gasteiger partial charge in [-0.3, -0.25) is 14.4 Å². The summed E-state index contributed by atoms with van der Waals surface area (Å²) in [6.07, 6.45) is 14.7. The van der Waals surface area contributed by atoms with Crippen LogP contribution in [0.5, 0.6) is 0 Å². The van der Waals surface area contributed by atoms with Gasteiger partial charge in [0.2, 0.25) is 5.91 Å². The van der Waals surface area contributed by atoms with E-state index < -0.39 is 17.3 Å². The van der Waals surface area contributed by atoms with Crippen molar-refractivity contribution >= 4 is 17.8 Å². The van der Waals surface area contributed by atoms with Gasteiger partial charge in [0.05, 0.1) is 35.2 Å². The van der Waals surface area contributed by atoms with Crippen LogP contribution in [0.1, 0.15) is 151 Å². The highest BCUT2D eigenvalue weighted by Gasteiger charge is 2.72. The Labute approximate surface area is 353 Å². The molecule has 8 nitrogen and oxygen atoms in total. The summed E-state index contributed by atoms with van der Waals surface area (Å²) < 4.78 is 6.47. The van der Waals surface area contributed by atoms with E-state index in [0.717, 1.165) is 94.3 Å². The molecule has 2 aromatic rings. The molecule has 8 heteroatoms. The first-order chi connectivity index (χ1) is 27.8. The van der Waals surface area contributed by atoms with E-state index in [-0.39, 0.29) is 51.1 Å². The number of aliphatic carboxylic acids is 1. The van der Waals surface area contributed by atoms with Crippen LogP contribution >= 0.6 is 0 Å². The van der Waals surface area contributed by atoms with Gasteiger partial charge in [0.15, 0.2) is 0 Å². The van der Waals surface area contributed by atoms with E-state index in [9.17, 15) is 14.7 Å². The molecule has 0 bridgehead atoms. The number of carboxylic acid groups (broad SMARTS) is 1. The normalized spacial score (nSPS) is 43.0. The first kappa shape index (κ1) is 41.0. The van der Waals surface area contributed by atoms with Crippen molar-refractivity contribution in [2.24, 2.45) is 73.9 Å². The molecule has 1 aromatic carbocycles. The van der Waals surface area contributed by atoms with E-state index in [1.165, 1.54) is 12.0 Å². The number of rotatable bonds is 7. The number of likely N-dealkylation sites (tertiary alicyclic amines) is 1. The predicted molar refractivity (Wildman–Crippen MR) is 230 cm³/mol. The zero-order valence-electron chi connectivity index (χ0n) is 37.2. The van der Waals surface area contributed by atoms with E-state index in [2.05, 4.69) is 82.3 Å². The van der Waals surface area contributed by atoms with E-state index in [1.807, 2.05) is 26.1 Å². The number of nitrogens with zero attached hydrogens (tertiary/aromatic N) is 2. The molecule has 6 saturated carbocycles. The standard InChI is InChI=1S/C51H71N3O5/c1-30(2)32-19-24-51(45(58)54-27-13-16-37(54)42-52-29-36(53-42)31-14-11-10-12-15-31)26-25-49(8)33(41(32)51)17-18-39-48(7)22-21-40(47(5,6)38(48)20-23-50(39,49)9)59-44(57)35-28-34(43(55)56)46(35,3)4/h10-12,14-15,29,32-35,37-41H,1,13,16-28H2,2-9H3,(H,52,53)(H,55,56)/t32-,33+,34-,35+,37-,38-,39+,40-,41+,48-,49+,50+,51-/m0/s1. The number of aromatic amines is 1. The summed E-state index contributed by atoms with van der Waals surface area (Å²) in [5.74, 6) is 1.53. The number of carbonyl (C=O) groups excluding carboxylic acids is 2. The lowest BCUT2D eigenvalue weighted by molar-refractivity contribution is -0.251. The minimum absolute atomic E-state index is 0.0183. The third-order valence-corrected chi connectivity index (χ3v) is 20.1. The number of amides is 1. The van der Waals surface area contributed by atoms with E-state index in [0.29, 0.717) is 41.9 Å². The summed E-state index contributed by atoms with van der Waals surface area (Å²) in [4.78, 5) is 51.8. The number of carboxylic acids is 1. The molecule has 1 saturated heterocycles. The first-order valence-electron chi connectivity index (χ1n) is 23.3. The van der Waals surface area contributed by atoms with Crippen LogP contribution in [-0.2, 0) is 19.1 Å². The van der Waals surface area contributed by atoms with Gasteiger partial charge in [0.1, 0.15) is 11.9 Å². The molecule has 7 aliphatic rings. The number of ether oxygens (including phenoxy) is 1. The molecule has 59 heavy (non-hydrogen) atoms. The van der Waals surface area contributed by atoms with Crippen molar-refractivity contribution in [3.05, 3.63) is 54.5 Å². The molecular weight excluding hydrogens is 735 g/mol. The van der Waals surface area contributed by atoms with Crippen LogP contribution < -0.4 is 0 Å². The van der Waals surface area contributed by atoms with Gasteiger partial charge in [0.25, 0.3) is 0 Å². The van der Waals surface area contributed by atoms with Gasteiger partial charge in [-0.25, -0.2) is 4.98 Å². The molecule has 0 radical (unpaired) electrons. The van der Waals surface area contributed by atoms with Gasteiger partial charge in [-0.05, 0) is 147 Å². The highest BCUT2D eigenvalue weighted by Crippen LogP contribution is 2.78. The molecule has 1 aliphatic heterocycles. The van der Waals surface area contributed by atoms with Crippen LogP contribution in [0, 0.1) is 73.9 Å². The first-order valence-corrected chi connectivity index (χ1v) is 23.3. The van der Waals surface area contributed by atoms with Crippen molar-refractivity contribution in [1.29, 1.82) is 0 Å². The van der Waals surface area contributed by atoms with Crippen molar-refractivity contribution in [2.45, 2.75) is 151 Å². The van der Waals surface area contributed by atoms with Crippen molar-refractivity contribution in [1.82, 2.24) is 14.9 Å². The zero-order valence-corrected chi connectivity index (χ0v) is 37.2. The SMILES string of the molecule is C=C(C)[C@@H]1CC[C@]2(C(=O)N3CCC[C@H]3c3ncc(-c4ccccc4)[nH]3)CC[C@]3(C)[C@H](CC[C@@H]4[C@@]5(C)CC[C@H](OC(=O)[C@H]6C[C@@H](C(=O)O)C6(C)C)C(C)(C)[C@@H]5CC[C@]43C)[C@@H]12. The third kappa shape index (κ3) is 5.71. The molecule has 9 rings (SSSR count). The Morgan fingerprint density at radius 1 is 0.831 bits per heavy atom. The number of esters is 1. The molecular formula is C51H71N3O5. The van der Waals surface area contributed by atoms with Gasteiger partial charge in [0, 0.05) is 12.0 Å². The molecule has 2 heterocycles. The fourth-order valence-electron chi connectivity index (χ4n) is 16.5. The highest BCUT2D eigenvalue weighted by atomic mass is 16.5. The van der Waals surface area contributed by atoms with Gasteiger partial charge in [-0.1, -0.05) is 91.0 Å². The van der Waals surface area contributed by atoms with Gasteiger partial charge >= 0.3 is 11.9 Å². The lowest BCUT2D eigenvalue weighted by atomic mass is 9.32. The Hall–Kier alpha value is -3.42. The Balaban J connectivity index is 0.968. The average molecular weight is 806 g/mol. The fraction of sp³-hybridized carbons (Fsp3) is 0.725. The average Bonchev–Trinajstić information content (AvgIpc) is 3.95. The lowest BCUT2D eigenvalue weighted by Gasteiger charge is -2.73. The van der Waals surface area contributed by atoms with Gasteiger partial charge in [-0.15, -0.1) is 0 Å². The number of fused-ring (bicyclic) bond motifs is 7. The number of aromatic nitrogens is 2. The molecule has 13 atom stereocenters. The Morgan fingerprint density at radius 2 is 1.58 bits per heavy atom. The van der Waals surface area contributed by atoms with E-state index in [4.69, 9.17) is 9.72 Å². The summed E-state index contributed by atoms with van der Waals surface area (Å²) in [5, 5.41) is 9.70. The Bertz CT molecular complexity index is 2020. The molecule has 6 aliphatic carbocycles. The van der Waals surface area contributed by atoms with Gasteiger partial charge < -0.3 is 19.7 Å². The molecule has 2 N–H and O–H groups in total. The highest BCUT2D eigenvalue weighted by molar-refractivity contribution is 5.85. The van der Waals surface area contributed by atoms with Crippen LogP contribution in [0.25, 0.3) is 11.3 Å². The molecule has 0 spiro atoms. The van der Waals surface area contributed by atoms with Crippen LogP contribution in [0.4, 0.5) is 0 Å². The number of nitrogens with one attached hydrogen (secondary N) is 1. The second kappa shape index (κ2) is 13.8. The van der Waals surface area contributed by atoms with Crippen LogP contribution in [0.15, 0.2) is 48.7 Å². The summed E-state index contributed by atoms with van der Waals surface area (Å²) in [6, 6.07) is 10.3. The molecule has 1 amide bonds. The number of H-pyrrole nitrogens is 1. The maximum absolute atomic E-state index is 15.5. The molecule has 320 valence electrons. The second-order valence-electron chi connectivity index (χ2n) is 22.8. The summed E-state index contributed by atoms with van der Waals surface area (Å²) in [6.45, 7) is 24.0. The van der Waals surface area contributed by atoms with Crippen LogP contribution in [0.2, 0.25) is 0 Å². The number of hydrogen-bond donors (Lipinski definition) is 2. The maximum Gasteiger partial charge on any atom is 0.309 e. The summed E-state index contributed by atoms with van der Waals surface area (Å²) >= 11 is 0. The predicted octanol–water partition coefficient (Wildman–Crippen LogP) is 11.1. The van der Waals surface area contributed by atoms with Crippen molar-refractivity contribution in [2.75, 3.05) is 6.54 Å². The van der Waals surface area contributed by atoms with E-state index in [1.54, 1.807) is 0 Å². The van der Waals surface area contributed by atoms with E-state index >= 15 is 4.79 Å². The Kier molecular flexibility index (Phi) is 9.58. The number of benzene rings is 1. The molecule has 0 unspecified atom stereocenters. The fourth-order valence-corrected chi connectivity index (χ4v) is 16.5. The van der Waals surface area contributed by atoms with Gasteiger partial charge in [-0.2, -0.15) is 0 Å². The number of allylic oxidation sites excluding steroid dienone is 1. The quantitative estimate of drug-likeness (QED) is 0.213. The Morgan fingerprint density at radius 3 is 2.27 bits per heavy atom. The minimum atomic E-state index is -0.817. The monoisotopic (exact) mass is 806 g/mol. The third-order valence-electron chi connectivity index (χ3n) is 20.1. The number of carbonyl (C=O) groups is 3. The number of hydrogen-bond acceptors (Lipinski definition) is 5. The topological polar surface area (TPSA) is 113 Å². The zero-order chi connectivity index (χ0) is 42.1. The van der Waals surface area contributed by atoms with Crippen molar-refractivity contribution in [3.63, 3.8) is 0 Å². The van der Waals surface area contributed by atoms with Crippen molar-refractivity contribution < 1.29 is 24.2 Å². The second-order valence-corrected chi connectivity index (χ2v) is 22.8. The van der Waals surface area contributed by atoms with Crippen molar-refractivity contribution in [3.8, 4) is 11.3 Å². The molecule has 1 aromatic heterocycles. The minimum Gasteiger partial charge on any atom is -0.481 e. The smallest absolute Gasteiger partial charge is 0.309 e. The summed E-state index contributed by atoms with van der Waals surface area (Å²) in [7, 11) is 0. The lowest BCUT2D eigenvalue weighted by Crippen LogP contribution is -2.67. The summed E-state index contributed by atoms with van der Waals surface area (Å²) in [5.41, 5.74) is 2.60. The van der Waals surface area contributed by atoms with Crippen LogP contribution in [-0.4, -0.2) is 50.5 Å². The van der Waals surface area contributed by atoms with Crippen LogP contribution in [0.3, 0.4) is 0 Å².